The molecule has 8 heteroatoms. The molecular formula is C22H27ClN6O. The first-order valence-corrected chi connectivity index (χ1v) is 10.00. The van der Waals surface area contributed by atoms with Crippen molar-refractivity contribution in [2.45, 2.75) is 39.3 Å². The predicted octanol–water partition coefficient (Wildman–Crippen LogP) is 4.85. The second-order valence-corrected chi connectivity index (χ2v) is 7.03. The normalized spacial score (nSPS) is 12.1. The number of benzene rings is 1. The van der Waals surface area contributed by atoms with Crippen molar-refractivity contribution in [1.82, 2.24) is 9.55 Å². The maximum atomic E-state index is 9.73. The molecule has 0 unspecified atom stereocenters. The number of aliphatic hydroxyl groups is 1. The molecule has 1 aromatic carbocycles. The first-order chi connectivity index (χ1) is 14.5. The van der Waals surface area contributed by atoms with Gasteiger partial charge in [0.05, 0.1) is 12.3 Å². The van der Waals surface area contributed by atoms with E-state index in [1.807, 2.05) is 28.8 Å². The van der Waals surface area contributed by atoms with Gasteiger partial charge in [-0.15, -0.1) is 5.11 Å². The Morgan fingerprint density at radius 3 is 2.60 bits per heavy atom. The average molecular weight is 427 g/mol. The molecule has 0 atom stereocenters. The Bertz CT molecular complexity index is 972. The van der Waals surface area contributed by atoms with Crippen molar-refractivity contribution in [3.05, 3.63) is 82.9 Å². The zero-order valence-electron chi connectivity index (χ0n) is 17.1. The number of hydrogen-bond acceptors (Lipinski definition) is 5. The quantitative estimate of drug-likeness (QED) is 0.126. The van der Waals surface area contributed by atoms with Crippen LogP contribution in [0.3, 0.4) is 0 Å². The molecule has 2 rings (SSSR count). The summed E-state index contributed by atoms with van der Waals surface area (Å²) in [6.07, 6.45) is 6.26. The monoisotopic (exact) mass is 426 g/mol. The van der Waals surface area contributed by atoms with Crippen LogP contribution in [0.1, 0.15) is 42.4 Å². The summed E-state index contributed by atoms with van der Waals surface area (Å²) >= 11 is 6.22. The van der Waals surface area contributed by atoms with Gasteiger partial charge in [0.2, 0.25) is 0 Å². The fourth-order valence-corrected chi connectivity index (χ4v) is 3.38. The zero-order valence-corrected chi connectivity index (χ0v) is 17.9. The molecule has 0 saturated heterocycles. The Balaban J connectivity index is 2.34. The van der Waals surface area contributed by atoms with Gasteiger partial charge in [0.1, 0.15) is 5.82 Å². The van der Waals surface area contributed by atoms with Crippen LogP contribution in [0.25, 0.3) is 5.57 Å². The van der Waals surface area contributed by atoms with Gasteiger partial charge in [-0.3, -0.25) is 0 Å². The fraction of sp³-hybridized carbons (Fsp3) is 0.273. The molecule has 0 saturated carbocycles. The molecule has 0 aliphatic heterocycles. The Morgan fingerprint density at radius 1 is 1.37 bits per heavy atom. The number of nitrogens with zero attached hydrogens (tertiary/aromatic N) is 4. The van der Waals surface area contributed by atoms with Crippen LogP contribution in [-0.2, 0) is 19.6 Å². The first-order valence-electron chi connectivity index (χ1n) is 9.62. The van der Waals surface area contributed by atoms with Gasteiger partial charge in [0.25, 0.3) is 0 Å². The van der Waals surface area contributed by atoms with Gasteiger partial charge in [-0.1, -0.05) is 74.5 Å². The van der Waals surface area contributed by atoms with Crippen molar-refractivity contribution in [2.75, 3.05) is 0 Å². The summed E-state index contributed by atoms with van der Waals surface area (Å²) < 4.78 is 1.98. The van der Waals surface area contributed by atoms with E-state index in [-0.39, 0.29) is 12.4 Å². The highest BCUT2D eigenvalue weighted by molar-refractivity contribution is 6.30. The van der Waals surface area contributed by atoms with Crippen molar-refractivity contribution in [3.8, 4) is 0 Å². The highest BCUT2D eigenvalue weighted by Gasteiger charge is 2.16. The van der Waals surface area contributed by atoms with Crippen molar-refractivity contribution in [3.63, 3.8) is 0 Å². The number of rotatable bonds is 10. The lowest BCUT2D eigenvalue weighted by Crippen LogP contribution is -2.09. The molecule has 7 nitrogen and oxygen atoms in total. The second-order valence-electron chi connectivity index (χ2n) is 6.67. The molecule has 1 heterocycles. The summed E-state index contributed by atoms with van der Waals surface area (Å²) in [5.74, 6) is 6.23. The van der Waals surface area contributed by atoms with Crippen LogP contribution in [0.15, 0.2) is 65.4 Å². The average Bonchev–Trinajstić information content (AvgIpc) is 3.05. The molecule has 0 radical (unpaired) electrons. The van der Waals surface area contributed by atoms with E-state index in [0.717, 1.165) is 41.8 Å². The topological polar surface area (TPSA) is 113 Å². The summed E-state index contributed by atoms with van der Waals surface area (Å²) in [5, 5.41) is 16.9. The number of allylic oxidation sites excluding steroid dienone is 2. The Labute approximate surface area is 181 Å². The summed E-state index contributed by atoms with van der Waals surface area (Å²) in [5.41, 5.74) is 10.9. The third-order valence-corrected chi connectivity index (χ3v) is 5.02. The lowest BCUT2D eigenvalue weighted by atomic mass is 9.96. The number of halogens is 1. The van der Waals surface area contributed by atoms with Gasteiger partial charge in [0.15, 0.2) is 11.0 Å². The Hall–Kier alpha value is -3.03. The molecule has 4 N–H and O–H groups in total. The molecule has 0 spiro atoms. The van der Waals surface area contributed by atoms with Crippen LogP contribution in [-0.4, -0.2) is 20.5 Å². The molecule has 0 aliphatic rings. The van der Waals surface area contributed by atoms with Gasteiger partial charge in [-0.25, -0.2) is 10.5 Å². The third-order valence-electron chi connectivity index (χ3n) is 4.72. The van der Waals surface area contributed by atoms with Crippen LogP contribution in [0.5, 0.6) is 0 Å². The van der Waals surface area contributed by atoms with E-state index in [2.05, 4.69) is 35.3 Å². The van der Waals surface area contributed by atoms with E-state index in [4.69, 9.17) is 23.0 Å². The number of aliphatic hydroxyl groups excluding tert-OH is 1. The molecule has 1 aromatic heterocycles. The smallest absolute Gasteiger partial charge is 0.199 e. The summed E-state index contributed by atoms with van der Waals surface area (Å²) in [7, 11) is 0. The van der Waals surface area contributed by atoms with Gasteiger partial charge >= 0.3 is 0 Å². The number of aromatic nitrogens is 2. The minimum Gasteiger partial charge on any atom is -0.390 e. The molecule has 0 amide bonds. The second kappa shape index (κ2) is 11.2. The van der Waals surface area contributed by atoms with Gasteiger partial charge in [-0.05, 0) is 23.1 Å². The lowest BCUT2D eigenvalue weighted by Gasteiger charge is -2.13. The third kappa shape index (κ3) is 5.31. The highest BCUT2D eigenvalue weighted by atomic mass is 35.5. The largest absolute Gasteiger partial charge is 0.390 e. The standard InChI is InChI=1S/C22H27ClN6O/c1-4-6-8-20-26-21(23)19(14-30)29(20)13-16-9-11-17(12-10-16)18(7-5-2)15(3)22(27-24)28-25/h5,7,9-12,24,30H,2-4,6,8,13-14,25H2,1H3/b18-7+,27-24?,28-22-. The molecular weight excluding hydrogens is 400 g/mol. The van der Waals surface area contributed by atoms with E-state index in [0.29, 0.717) is 23.0 Å². The zero-order chi connectivity index (χ0) is 22.1. The van der Waals surface area contributed by atoms with E-state index in [1.165, 1.54) is 0 Å². The van der Waals surface area contributed by atoms with Gasteiger partial charge < -0.3 is 15.5 Å². The van der Waals surface area contributed by atoms with E-state index in [9.17, 15) is 5.11 Å². The number of aryl methyl sites for hydroxylation is 1. The van der Waals surface area contributed by atoms with Crippen molar-refractivity contribution >= 4 is 23.0 Å². The Morgan fingerprint density at radius 2 is 2.07 bits per heavy atom. The number of amidine groups is 1. The maximum Gasteiger partial charge on any atom is 0.199 e. The highest BCUT2D eigenvalue weighted by Crippen LogP contribution is 2.25. The maximum absolute atomic E-state index is 9.73. The summed E-state index contributed by atoms with van der Waals surface area (Å²) in [4.78, 5) is 4.43. The minimum absolute atomic E-state index is 0.0494. The van der Waals surface area contributed by atoms with Crippen LogP contribution < -0.4 is 5.84 Å². The minimum atomic E-state index is -0.167. The van der Waals surface area contributed by atoms with Crippen LogP contribution in [0, 0.1) is 5.53 Å². The Kier molecular flexibility index (Phi) is 8.70. The van der Waals surface area contributed by atoms with Crippen LogP contribution in [0.4, 0.5) is 0 Å². The molecule has 0 bridgehead atoms. The van der Waals surface area contributed by atoms with E-state index >= 15 is 0 Å². The van der Waals surface area contributed by atoms with Crippen LogP contribution >= 0.6 is 11.6 Å². The van der Waals surface area contributed by atoms with Crippen molar-refractivity contribution < 1.29 is 5.11 Å². The molecule has 30 heavy (non-hydrogen) atoms. The number of hydrazone groups is 1. The van der Waals surface area contributed by atoms with Crippen molar-refractivity contribution in [1.29, 1.82) is 5.53 Å². The summed E-state index contributed by atoms with van der Waals surface area (Å²) in [6, 6.07) is 7.85. The lowest BCUT2D eigenvalue weighted by molar-refractivity contribution is 0.271. The number of unbranched alkanes of at least 4 members (excludes halogenated alkanes) is 1. The number of hydrogen-bond donors (Lipinski definition) is 3. The number of nitrogens with two attached hydrogens (primary N) is 1. The van der Waals surface area contributed by atoms with E-state index in [1.54, 1.807) is 12.2 Å². The number of imidazole rings is 1. The molecule has 158 valence electrons. The predicted molar refractivity (Wildman–Crippen MR) is 121 cm³/mol. The van der Waals surface area contributed by atoms with Crippen molar-refractivity contribution in [2.24, 2.45) is 16.1 Å². The fourth-order valence-electron chi connectivity index (χ4n) is 3.12. The molecule has 0 fully saturated rings. The first kappa shape index (κ1) is 23.3. The van der Waals surface area contributed by atoms with E-state index < -0.39 is 0 Å². The molecule has 0 aliphatic carbocycles. The molecule has 2 aromatic rings. The SMILES string of the molecule is C=C/C=C(\C(=C)/C(N=N)=N/N)c1ccc(Cn2c(CCCC)nc(Cl)c2CO)cc1. The van der Waals surface area contributed by atoms with Gasteiger partial charge in [0, 0.05) is 18.5 Å². The summed E-state index contributed by atoms with van der Waals surface area (Å²) in [6.45, 7) is 10.2. The number of nitrogens with one attached hydrogen (secondary N) is 1. The van der Waals surface area contributed by atoms with Gasteiger partial charge in [-0.2, -0.15) is 5.10 Å². The van der Waals surface area contributed by atoms with Crippen LogP contribution in [0.2, 0.25) is 5.15 Å².